The van der Waals surface area contributed by atoms with Crippen molar-refractivity contribution in [3.8, 4) is 12.1 Å². The van der Waals surface area contributed by atoms with Crippen molar-refractivity contribution in [1.29, 1.82) is 10.5 Å². The van der Waals surface area contributed by atoms with Crippen molar-refractivity contribution in [1.82, 2.24) is 0 Å². The number of nitrogens with zero attached hydrogens (tertiary/aromatic N) is 2. The van der Waals surface area contributed by atoms with Crippen LogP contribution in [0.4, 0.5) is 0 Å². The van der Waals surface area contributed by atoms with Crippen LogP contribution < -0.4 is 0 Å². The van der Waals surface area contributed by atoms with Crippen molar-refractivity contribution < 1.29 is 9.15 Å². The fraction of sp³-hybridized carbons (Fsp3) is 0. The maximum atomic E-state index is 8.54. The van der Waals surface area contributed by atoms with Crippen molar-refractivity contribution in [3.05, 3.63) is 35.8 Å². The first-order chi connectivity index (χ1) is 5.88. The Morgan fingerprint density at radius 3 is 2.67 bits per heavy atom. The lowest BCUT2D eigenvalue weighted by molar-refractivity contribution is 0.0435. The van der Waals surface area contributed by atoms with Gasteiger partial charge in [-0.05, 0) is 12.1 Å². The van der Waals surface area contributed by atoms with Crippen LogP contribution in [0.2, 0.25) is 0 Å². The van der Waals surface area contributed by atoms with Crippen LogP contribution in [0.1, 0.15) is 11.3 Å². The highest BCUT2D eigenvalue weighted by Gasteiger charge is 1.99. The lowest BCUT2D eigenvalue weighted by atomic mass is 10.2. The van der Waals surface area contributed by atoms with E-state index in [1.54, 1.807) is 24.3 Å². The zero-order valence-electron chi connectivity index (χ0n) is 6.02. The van der Waals surface area contributed by atoms with Gasteiger partial charge in [-0.2, -0.15) is 10.5 Å². The Hall–Kier alpha value is -2.20. The molecule has 0 saturated carbocycles. The molecule has 0 amide bonds. The molecule has 4 heteroatoms. The lowest BCUT2D eigenvalue weighted by Gasteiger charge is -1.84. The number of hydrogen-bond donors (Lipinski definition) is 0. The predicted octanol–water partition coefficient (Wildman–Crippen LogP) is 1.74. The molecule has 0 spiro atoms. The SMILES string of the molecule is N#Cc1ccccooc1C#N. The molecule has 0 radical (unpaired) electrons. The maximum absolute atomic E-state index is 8.54. The van der Waals surface area contributed by atoms with Crippen molar-refractivity contribution in [2.24, 2.45) is 0 Å². The first kappa shape index (κ1) is 7.90. The Labute approximate surface area is 68.5 Å². The summed E-state index contributed by atoms with van der Waals surface area (Å²) in [4.78, 5) is 0. The third-order valence-corrected chi connectivity index (χ3v) is 1.11. The van der Waals surface area contributed by atoms with Gasteiger partial charge in [0.1, 0.15) is 24.0 Å². The van der Waals surface area contributed by atoms with Crippen LogP contribution in [-0.2, 0) is 0 Å². The van der Waals surface area contributed by atoms with Gasteiger partial charge in [0.15, 0.2) is 0 Å². The van der Waals surface area contributed by atoms with E-state index in [1.165, 1.54) is 12.3 Å². The van der Waals surface area contributed by atoms with E-state index in [9.17, 15) is 0 Å². The molecule has 0 fully saturated rings. The molecule has 12 heavy (non-hydrogen) atoms. The number of nitriles is 2. The molecule has 1 rings (SSSR count). The first-order valence-corrected chi connectivity index (χ1v) is 3.09. The molecule has 1 aromatic rings. The average molecular weight is 160 g/mol. The second-order valence-corrected chi connectivity index (χ2v) is 1.83. The van der Waals surface area contributed by atoms with Crippen molar-refractivity contribution in [3.63, 3.8) is 0 Å². The minimum atomic E-state index is -0.141. The molecular formula is C8H4N2O2. The van der Waals surface area contributed by atoms with Gasteiger partial charge in [0, 0.05) is 0 Å². The summed E-state index contributed by atoms with van der Waals surface area (Å²) >= 11 is 0. The van der Waals surface area contributed by atoms with Crippen molar-refractivity contribution >= 4 is 0 Å². The summed E-state index contributed by atoms with van der Waals surface area (Å²) < 4.78 is 8.94. The second-order valence-electron chi connectivity index (χ2n) is 1.83. The van der Waals surface area contributed by atoms with Crippen LogP contribution in [0.3, 0.4) is 0 Å². The third-order valence-electron chi connectivity index (χ3n) is 1.11. The first-order valence-electron chi connectivity index (χ1n) is 3.09. The maximum Gasteiger partial charge on any atom is 0.272 e. The third kappa shape index (κ3) is 1.65. The molecular weight excluding hydrogens is 156 g/mol. The van der Waals surface area contributed by atoms with E-state index >= 15 is 0 Å². The van der Waals surface area contributed by atoms with Crippen LogP contribution in [0.15, 0.2) is 33.6 Å². The normalized spacial score (nSPS) is 7.83. The van der Waals surface area contributed by atoms with E-state index in [-0.39, 0.29) is 11.3 Å². The smallest absolute Gasteiger partial charge is 0.272 e. The Morgan fingerprint density at radius 2 is 2.00 bits per heavy atom. The largest absolute Gasteiger partial charge is 0.297 e. The van der Waals surface area contributed by atoms with Crippen molar-refractivity contribution in [2.45, 2.75) is 0 Å². The van der Waals surface area contributed by atoms with Gasteiger partial charge in [0.25, 0.3) is 5.76 Å². The standard InChI is InChI=1S/C8H4N2O2/c9-5-7-3-1-2-4-11-12-8(7)6-10/h1-4H. The molecule has 0 atom stereocenters. The number of rotatable bonds is 0. The van der Waals surface area contributed by atoms with E-state index in [0.717, 1.165) is 0 Å². The van der Waals surface area contributed by atoms with E-state index in [4.69, 9.17) is 10.5 Å². The number of hydrogen-bond acceptors (Lipinski definition) is 4. The van der Waals surface area contributed by atoms with Crippen LogP contribution in [0.5, 0.6) is 0 Å². The van der Waals surface area contributed by atoms with Gasteiger partial charge in [0.05, 0.1) is 0 Å². The Balaban J connectivity index is 3.42. The van der Waals surface area contributed by atoms with Gasteiger partial charge in [-0.15, -0.1) is 0 Å². The average Bonchev–Trinajstić information content (AvgIpc) is 2.05. The zero-order valence-corrected chi connectivity index (χ0v) is 6.02. The van der Waals surface area contributed by atoms with Crippen LogP contribution in [0, 0.1) is 22.7 Å². The fourth-order valence-corrected chi connectivity index (χ4v) is 0.593. The fourth-order valence-electron chi connectivity index (χ4n) is 0.593. The minimum Gasteiger partial charge on any atom is -0.297 e. The van der Waals surface area contributed by atoms with Crippen molar-refractivity contribution in [2.75, 3.05) is 0 Å². The molecule has 58 valence electrons. The molecule has 0 aromatic carbocycles. The molecule has 0 unspecified atom stereocenters. The molecule has 0 N–H and O–H groups in total. The van der Waals surface area contributed by atoms with E-state index in [0.29, 0.717) is 0 Å². The summed E-state index contributed by atoms with van der Waals surface area (Å²) in [5, 5.41) is 17.0. The summed E-state index contributed by atoms with van der Waals surface area (Å²) in [6, 6.07) is 8.10. The highest BCUT2D eigenvalue weighted by Crippen LogP contribution is 2.02. The molecule has 4 nitrogen and oxygen atoms in total. The van der Waals surface area contributed by atoms with Gasteiger partial charge in [-0.3, -0.25) is 9.15 Å². The molecule has 0 aliphatic rings. The molecule has 1 heterocycles. The molecule has 0 saturated heterocycles. The molecule has 0 aliphatic heterocycles. The Bertz CT molecular complexity index is 350. The summed E-state index contributed by atoms with van der Waals surface area (Å²) in [7, 11) is 0. The van der Waals surface area contributed by atoms with E-state index < -0.39 is 0 Å². The highest BCUT2D eigenvalue weighted by molar-refractivity contribution is 5.36. The zero-order chi connectivity index (χ0) is 8.81. The monoisotopic (exact) mass is 160 g/mol. The van der Waals surface area contributed by atoms with Crippen LogP contribution >= 0.6 is 0 Å². The summed E-state index contributed by atoms with van der Waals surface area (Å²) in [6.45, 7) is 0. The topological polar surface area (TPSA) is 73.9 Å². The van der Waals surface area contributed by atoms with Gasteiger partial charge >= 0.3 is 0 Å². The summed E-state index contributed by atoms with van der Waals surface area (Å²) in [6.07, 6.45) is 1.27. The minimum absolute atomic E-state index is 0.141. The Kier molecular flexibility index (Phi) is 2.53. The molecule has 1 aromatic heterocycles. The van der Waals surface area contributed by atoms with Gasteiger partial charge in [-0.1, -0.05) is 6.07 Å². The van der Waals surface area contributed by atoms with E-state index in [2.05, 4.69) is 9.15 Å². The molecule has 0 bridgehead atoms. The Morgan fingerprint density at radius 1 is 1.17 bits per heavy atom. The van der Waals surface area contributed by atoms with Gasteiger partial charge in [-0.25, -0.2) is 0 Å². The summed E-state index contributed by atoms with van der Waals surface area (Å²) in [5.41, 5.74) is 0.141. The lowest BCUT2D eigenvalue weighted by Crippen LogP contribution is -1.77. The highest BCUT2D eigenvalue weighted by atomic mass is 17.0. The van der Waals surface area contributed by atoms with Gasteiger partial charge in [0.2, 0.25) is 0 Å². The van der Waals surface area contributed by atoms with Gasteiger partial charge < -0.3 is 0 Å². The van der Waals surface area contributed by atoms with E-state index in [1.807, 2.05) is 0 Å². The molecule has 0 aliphatic carbocycles. The second kappa shape index (κ2) is 3.85. The quantitative estimate of drug-likeness (QED) is 0.541. The van der Waals surface area contributed by atoms with Crippen LogP contribution in [0.25, 0.3) is 0 Å². The predicted molar refractivity (Wildman–Crippen MR) is 38.0 cm³/mol. The van der Waals surface area contributed by atoms with Crippen LogP contribution in [-0.4, -0.2) is 0 Å². The summed E-state index contributed by atoms with van der Waals surface area (Å²) in [5.74, 6) is -0.141.